The number of rotatable bonds is 2. The first-order chi connectivity index (χ1) is 8.09. The van der Waals surface area contributed by atoms with Crippen LogP contribution in [0.5, 0.6) is 0 Å². The molecule has 0 unspecified atom stereocenters. The van der Waals surface area contributed by atoms with Gasteiger partial charge in [-0.2, -0.15) is 0 Å². The van der Waals surface area contributed by atoms with Crippen LogP contribution in [0.4, 0.5) is 5.69 Å². The molecule has 2 rings (SSSR count). The quantitative estimate of drug-likeness (QED) is 0.775. The second-order valence-electron chi connectivity index (χ2n) is 3.91. The Labute approximate surface area is 99.5 Å². The van der Waals surface area contributed by atoms with Crippen LogP contribution in [0.2, 0.25) is 0 Å². The van der Waals surface area contributed by atoms with Crippen LogP contribution >= 0.6 is 0 Å². The van der Waals surface area contributed by atoms with Crippen LogP contribution in [0.25, 0.3) is 11.1 Å². The van der Waals surface area contributed by atoms with Crippen molar-refractivity contribution in [3.05, 3.63) is 53.6 Å². The van der Waals surface area contributed by atoms with Gasteiger partial charge in [0.25, 0.3) is 0 Å². The number of benzene rings is 2. The Bertz CT molecular complexity index is 562. The number of hydrogen-bond acceptors (Lipinski definition) is 2. The van der Waals surface area contributed by atoms with Gasteiger partial charge >= 0.3 is 5.97 Å². The molecule has 0 atom stereocenters. The lowest BCUT2D eigenvalue weighted by atomic mass is 9.98. The second kappa shape index (κ2) is 4.29. The first-order valence-electron chi connectivity index (χ1n) is 5.28. The molecule has 0 aromatic heterocycles. The number of carboxylic acid groups (broad SMARTS) is 1. The molecule has 0 bridgehead atoms. The number of carboxylic acids is 1. The molecule has 0 aliphatic rings. The van der Waals surface area contributed by atoms with Crippen molar-refractivity contribution in [2.24, 2.45) is 0 Å². The maximum atomic E-state index is 11.1. The molecule has 2 aromatic rings. The average molecular weight is 227 g/mol. The topological polar surface area (TPSA) is 63.3 Å². The molecular formula is C14H13NO2. The van der Waals surface area contributed by atoms with Gasteiger partial charge in [0.2, 0.25) is 0 Å². The zero-order valence-electron chi connectivity index (χ0n) is 9.47. The first-order valence-corrected chi connectivity index (χ1v) is 5.28. The van der Waals surface area contributed by atoms with Crippen molar-refractivity contribution in [3.8, 4) is 11.1 Å². The minimum atomic E-state index is -0.952. The second-order valence-corrected chi connectivity index (χ2v) is 3.91. The Morgan fingerprint density at radius 1 is 1.12 bits per heavy atom. The molecule has 3 N–H and O–H groups in total. The van der Waals surface area contributed by atoms with Crippen LogP contribution in [0.3, 0.4) is 0 Å². The summed E-state index contributed by atoms with van der Waals surface area (Å²) in [6.45, 7) is 1.72. The lowest BCUT2D eigenvalue weighted by Crippen LogP contribution is -2.03. The molecule has 0 saturated heterocycles. The van der Waals surface area contributed by atoms with Gasteiger partial charge in [0, 0.05) is 5.69 Å². The van der Waals surface area contributed by atoms with Crippen molar-refractivity contribution in [2.45, 2.75) is 6.92 Å². The highest BCUT2D eigenvalue weighted by atomic mass is 16.4. The lowest BCUT2D eigenvalue weighted by molar-refractivity contribution is 0.0696. The number of nitrogen functional groups attached to an aromatic ring is 1. The zero-order valence-corrected chi connectivity index (χ0v) is 9.47. The maximum absolute atomic E-state index is 11.1. The minimum absolute atomic E-state index is 0.254. The van der Waals surface area contributed by atoms with E-state index in [-0.39, 0.29) is 5.56 Å². The fraction of sp³-hybridized carbons (Fsp3) is 0.0714. The molecule has 0 fully saturated rings. The zero-order chi connectivity index (χ0) is 12.4. The predicted octanol–water partition coefficient (Wildman–Crippen LogP) is 2.94. The molecule has 0 aliphatic carbocycles. The largest absolute Gasteiger partial charge is 0.478 e. The fourth-order valence-corrected chi connectivity index (χ4v) is 1.76. The van der Waals surface area contributed by atoms with Gasteiger partial charge in [-0.15, -0.1) is 0 Å². The van der Waals surface area contributed by atoms with Gasteiger partial charge < -0.3 is 10.8 Å². The summed E-state index contributed by atoms with van der Waals surface area (Å²) >= 11 is 0. The molecule has 17 heavy (non-hydrogen) atoms. The van der Waals surface area contributed by atoms with Crippen LogP contribution in [0.15, 0.2) is 42.5 Å². The Kier molecular flexibility index (Phi) is 2.83. The number of aromatic carboxylic acids is 1. The van der Waals surface area contributed by atoms with Crippen LogP contribution in [-0.4, -0.2) is 11.1 Å². The molecule has 0 amide bonds. The Morgan fingerprint density at radius 3 is 2.35 bits per heavy atom. The van der Waals surface area contributed by atoms with E-state index in [4.69, 9.17) is 10.8 Å². The highest BCUT2D eigenvalue weighted by molar-refractivity contribution is 5.93. The standard InChI is InChI=1S/C14H13NO2/c1-9-12(14(16)17)7-11(8-13(9)15)10-5-3-2-4-6-10/h2-8H,15H2,1H3,(H,16,17). The summed E-state index contributed by atoms with van der Waals surface area (Å²) in [6.07, 6.45) is 0. The third-order valence-electron chi connectivity index (χ3n) is 2.79. The van der Waals surface area contributed by atoms with Gasteiger partial charge in [0.05, 0.1) is 5.56 Å². The van der Waals surface area contributed by atoms with Gasteiger partial charge in [-0.1, -0.05) is 30.3 Å². The third-order valence-corrected chi connectivity index (χ3v) is 2.79. The smallest absolute Gasteiger partial charge is 0.336 e. The molecule has 3 nitrogen and oxygen atoms in total. The normalized spacial score (nSPS) is 10.2. The van der Waals surface area contributed by atoms with Crippen molar-refractivity contribution < 1.29 is 9.90 Å². The van der Waals surface area contributed by atoms with E-state index < -0.39 is 5.97 Å². The predicted molar refractivity (Wildman–Crippen MR) is 68.0 cm³/mol. The van der Waals surface area contributed by atoms with E-state index in [1.165, 1.54) is 0 Å². The van der Waals surface area contributed by atoms with Crippen LogP contribution in [0.1, 0.15) is 15.9 Å². The first kappa shape index (κ1) is 11.2. The SMILES string of the molecule is Cc1c(N)cc(-c2ccccc2)cc1C(=O)O. The summed E-state index contributed by atoms with van der Waals surface area (Å²) < 4.78 is 0. The number of nitrogens with two attached hydrogens (primary N) is 1. The van der Waals surface area contributed by atoms with Gasteiger partial charge in [0.1, 0.15) is 0 Å². The van der Waals surface area contributed by atoms with E-state index in [2.05, 4.69) is 0 Å². The Morgan fingerprint density at radius 2 is 1.76 bits per heavy atom. The van der Waals surface area contributed by atoms with E-state index in [9.17, 15) is 4.79 Å². The summed E-state index contributed by atoms with van der Waals surface area (Å²) in [5.74, 6) is -0.952. The summed E-state index contributed by atoms with van der Waals surface area (Å²) in [5, 5.41) is 9.11. The van der Waals surface area contributed by atoms with Crippen LogP contribution in [-0.2, 0) is 0 Å². The number of carbonyl (C=O) groups is 1. The number of hydrogen-bond donors (Lipinski definition) is 2. The summed E-state index contributed by atoms with van der Waals surface area (Å²) in [6, 6.07) is 13.0. The number of anilines is 1. The van der Waals surface area contributed by atoms with E-state index in [0.29, 0.717) is 11.3 Å². The monoisotopic (exact) mass is 227 g/mol. The van der Waals surface area contributed by atoms with E-state index >= 15 is 0 Å². The van der Waals surface area contributed by atoms with Crippen molar-refractivity contribution in [3.63, 3.8) is 0 Å². The van der Waals surface area contributed by atoms with Gasteiger partial charge in [-0.25, -0.2) is 4.79 Å². The molecule has 0 heterocycles. The lowest BCUT2D eigenvalue weighted by Gasteiger charge is -2.09. The van der Waals surface area contributed by atoms with Gasteiger partial charge in [-0.3, -0.25) is 0 Å². The van der Waals surface area contributed by atoms with E-state index in [1.807, 2.05) is 30.3 Å². The maximum Gasteiger partial charge on any atom is 0.336 e. The highest BCUT2D eigenvalue weighted by Crippen LogP contribution is 2.26. The minimum Gasteiger partial charge on any atom is -0.478 e. The molecule has 2 aromatic carbocycles. The van der Waals surface area contributed by atoms with E-state index in [1.54, 1.807) is 19.1 Å². The third kappa shape index (κ3) is 2.13. The van der Waals surface area contributed by atoms with E-state index in [0.717, 1.165) is 11.1 Å². The molecule has 0 radical (unpaired) electrons. The van der Waals surface area contributed by atoms with Crippen LogP contribution < -0.4 is 5.73 Å². The summed E-state index contributed by atoms with van der Waals surface area (Å²) in [7, 11) is 0. The van der Waals surface area contributed by atoms with Crippen molar-refractivity contribution in [2.75, 3.05) is 5.73 Å². The Balaban J connectivity index is 2.61. The summed E-state index contributed by atoms with van der Waals surface area (Å²) in [4.78, 5) is 11.1. The van der Waals surface area contributed by atoms with Gasteiger partial charge in [-0.05, 0) is 35.7 Å². The molecule has 86 valence electrons. The van der Waals surface area contributed by atoms with Crippen LogP contribution in [0, 0.1) is 6.92 Å². The van der Waals surface area contributed by atoms with Crippen molar-refractivity contribution in [1.29, 1.82) is 0 Å². The highest BCUT2D eigenvalue weighted by Gasteiger charge is 2.11. The fourth-order valence-electron chi connectivity index (χ4n) is 1.76. The average Bonchev–Trinajstić information content (AvgIpc) is 2.33. The molecular weight excluding hydrogens is 214 g/mol. The molecule has 0 aliphatic heterocycles. The molecule has 0 spiro atoms. The van der Waals surface area contributed by atoms with Gasteiger partial charge in [0.15, 0.2) is 0 Å². The molecule has 3 heteroatoms. The van der Waals surface area contributed by atoms with Crippen molar-refractivity contribution >= 4 is 11.7 Å². The molecule has 0 saturated carbocycles. The summed E-state index contributed by atoms with van der Waals surface area (Å²) in [5.41, 5.74) is 8.98. The Hall–Kier alpha value is -2.29. The van der Waals surface area contributed by atoms with Crippen molar-refractivity contribution in [1.82, 2.24) is 0 Å².